The number of nitro groups is 1. The highest BCUT2D eigenvalue weighted by molar-refractivity contribution is 5.24. The van der Waals surface area contributed by atoms with Crippen LogP contribution in [0.3, 0.4) is 0 Å². The maximum atomic E-state index is 10.3. The van der Waals surface area contributed by atoms with Crippen LogP contribution in [0, 0.1) is 16.0 Å². The van der Waals surface area contributed by atoms with Gasteiger partial charge in [0.15, 0.2) is 0 Å². The number of hydrogen-bond acceptors (Lipinski definition) is 4. The van der Waals surface area contributed by atoms with Gasteiger partial charge in [0.25, 0.3) is 0 Å². The zero-order valence-corrected chi connectivity index (χ0v) is 6.97. The zero-order valence-electron chi connectivity index (χ0n) is 6.97. The Morgan fingerprint density at radius 1 is 1.69 bits per heavy atom. The summed E-state index contributed by atoms with van der Waals surface area (Å²) >= 11 is 0. The van der Waals surface area contributed by atoms with Gasteiger partial charge in [0, 0.05) is 5.92 Å². The number of rotatable bonds is 3. The van der Waals surface area contributed by atoms with Crippen LogP contribution in [0.1, 0.15) is 18.1 Å². The summed E-state index contributed by atoms with van der Waals surface area (Å²) < 4.78 is 5.05. The Hall–Kier alpha value is -1.36. The fourth-order valence-corrected chi connectivity index (χ4v) is 1.50. The van der Waals surface area contributed by atoms with Gasteiger partial charge < -0.3 is 10.2 Å². The number of nitrogens with zero attached hydrogens (tertiary/aromatic N) is 1. The lowest BCUT2D eigenvalue weighted by atomic mass is 10.2. The molecule has 1 aliphatic carbocycles. The molecule has 1 aliphatic rings. The Bertz CT molecular complexity index is 334. The van der Waals surface area contributed by atoms with Crippen molar-refractivity contribution in [2.24, 2.45) is 11.7 Å². The smallest absolute Gasteiger partial charge is 0.406 e. The summed E-state index contributed by atoms with van der Waals surface area (Å²) in [5.74, 6) is 1.27. The molecule has 5 heteroatoms. The first-order valence-electron chi connectivity index (χ1n) is 4.16. The molecule has 0 aromatic carbocycles. The maximum Gasteiger partial charge on any atom is 0.433 e. The van der Waals surface area contributed by atoms with Crippen molar-refractivity contribution in [1.29, 1.82) is 0 Å². The third-order valence-corrected chi connectivity index (χ3v) is 2.38. The molecule has 1 heterocycles. The fraction of sp³-hybridized carbons (Fsp3) is 0.500. The minimum absolute atomic E-state index is 0.183. The summed E-state index contributed by atoms with van der Waals surface area (Å²) in [4.78, 5) is 9.77. The van der Waals surface area contributed by atoms with Crippen LogP contribution in [0.15, 0.2) is 16.5 Å². The largest absolute Gasteiger partial charge is 0.433 e. The molecular weight excluding hydrogens is 172 g/mol. The van der Waals surface area contributed by atoms with Gasteiger partial charge in [0.05, 0.1) is 6.07 Å². The molecule has 0 radical (unpaired) electrons. The molecule has 2 rings (SSSR count). The van der Waals surface area contributed by atoms with E-state index in [2.05, 4.69) is 0 Å². The first-order chi connectivity index (χ1) is 6.22. The van der Waals surface area contributed by atoms with Crippen LogP contribution in [-0.4, -0.2) is 11.5 Å². The second-order valence-electron chi connectivity index (χ2n) is 3.27. The van der Waals surface area contributed by atoms with Gasteiger partial charge in [-0.1, -0.05) is 0 Å². The molecule has 13 heavy (non-hydrogen) atoms. The molecule has 0 bridgehead atoms. The van der Waals surface area contributed by atoms with Gasteiger partial charge in [-0.05, 0) is 24.9 Å². The summed E-state index contributed by atoms with van der Waals surface area (Å²) in [5.41, 5.74) is 5.45. The molecule has 1 fully saturated rings. The summed E-state index contributed by atoms with van der Waals surface area (Å²) in [7, 11) is 0. The summed E-state index contributed by atoms with van der Waals surface area (Å²) in [5, 5.41) is 10.3. The lowest BCUT2D eigenvalue weighted by Gasteiger charge is -1.90. The third-order valence-electron chi connectivity index (χ3n) is 2.38. The Morgan fingerprint density at radius 3 is 2.92 bits per heavy atom. The Morgan fingerprint density at radius 2 is 2.46 bits per heavy atom. The van der Waals surface area contributed by atoms with E-state index in [4.69, 9.17) is 10.2 Å². The standard InChI is InChI=1S/C8H10N2O3/c9-4-5-3-6(5)7-1-2-8(13-7)10(11)12/h1-2,5-6H,3-4,9H2. The summed E-state index contributed by atoms with van der Waals surface area (Å²) in [6.45, 7) is 0.624. The third kappa shape index (κ3) is 1.42. The predicted molar refractivity (Wildman–Crippen MR) is 45.3 cm³/mol. The van der Waals surface area contributed by atoms with Crippen LogP contribution >= 0.6 is 0 Å². The van der Waals surface area contributed by atoms with Crippen LogP contribution in [0.25, 0.3) is 0 Å². The van der Waals surface area contributed by atoms with E-state index in [0.717, 1.165) is 6.42 Å². The molecule has 2 N–H and O–H groups in total. The molecule has 1 aromatic heterocycles. The van der Waals surface area contributed by atoms with Gasteiger partial charge in [-0.25, -0.2) is 0 Å². The molecule has 2 unspecified atom stereocenters. The Kier molecular flexibility index (Phi) is 1.81. The Labute approximate surface area is 74.7 Å². The second kappa shape index (κ2) is 2.85. The zero-order chi connectivity index (χ0) is 9.42. The minimum atomic E-state index is -0.524. The minimum Gasteiger partial charge on any atom is -0.406 e. The van der Waals surface area contributed by atoms with Crippen molar-refractivity contribution in [3.63, 3.8) is 0 Å². The first-order valence-corrected chi connectivity index (χ1v) is 4.16. The van der Waals surface area contributed by atoms with E-state index in [1.807, 2.05) is 0 Å². The van der Waals surface area contributed by atoms with Gasteiger partial charge in [0.1, 0.15) is 10.7 Å². The number of hydrogen-bond donors (Lipinski definition) is 1. The molecule has 1 saturated carbocycles. The number of furan rings is 1. The van der Waals surface area contributed by atoms with Crippen LogP contribution < -0.4 is 5.73 Å². The van der Waals surface area contributed by atoms with E-state index in [1.54, 1.807) is 6.07 Å². The molecule has 0 spiro atoms. The summed E-state index contributed by atoms with van der Waals surface area (Å²) in [6.07, 6.45) is 0.987. The first kappa shape index (κ1) is 8.25. The lowest BCUT2D eigenvalue weighted by Crippen LogP contribution is -2.01. The quantitative estimate of drug-likeness (QED) is 0.563. The van der Waals surface area contributed by atoms with Crippen molar-refractivity contribution in [2.75, 3.05) is 6.54 Å². The van der Waals surface area contributed by atoms with Crippen molar-refractivity contribution >= 4 is 5.88 Å². The molecule has 0 saturated heterocycles. The molecule has 0 amide bonds. The summed E-state index contributed by atoms with van der Waals surface area (Å²) in [6, 6.07) is 3.06. The number of nitrogens with two attached hydrogens (primary N) is 1. The van der Waals surface area contributed by atoms with E-state index < -0.39 is 4.92 Å². The lowest BCUT2D eigenvalue weighted by molar-refractivity contribution is -0.402. The van der Waals surface area contributed by atoms with Gasteiger partial charge >= 0.3 is 5.88 Å². The molecule has 2 atom stereocenters. The van der Waals surface area contributed by atoms with Crippen molar-refractivity contribution in [2.45, 2.75) is 12.3 Å². The molecule has 70 valence electrons. The van der Waals surface area contributed by atoms with E-state index >= 15 is 0 Å². The average Bonchev–Trinajstić information content (AvgIpc) is 2.73. The van der Waals surface area contributed by atoms with Crippen LogP contribution in [0.2, 0.25) is 0 Å². The van der Waals surface area contributed by atoms with E-state index in [-0.39, 0.29) is 5.88 Å². The molecule has 5 nitrogen and oxygen atoms in total. The fourth-order valence-electron chi connectivity index (χ4n) is 1.50. The van der Waals surface area contributed by atoms with Crippen molar-refractivity contribution in [1.82, 2.24) is 0 Å². The van der Waals surface area contributed by atoms with Crippen molar-refractivity contribution in [3.8, 4) is 0 Å². The Balaban J connectivity index is 2.11. The maximum absolute atomic E-state index is 10.3. The highest BCUT2D eigenvalue weighted by Gasteiger charge is 2.40. The molecule has 0 aliphatic heterocycles. The van der Waals surface area contributed by atoms with E-state index in [0.29, 0.717) is 24.1 Å². The van der Waals surface area contributed by atoms with E-state index in [1.165, 1.54) is 6.07 Å². The van der Waals surface area contributed by atoms with Crippen LogP contribution in [0.5, 0.6) is 0 Å². The average molecular weight is 182 g/mol. The van der Waals surface area contributed by atoms with Crippen molar-refractivity contribution < 1.29 is 9.34 Å². The normalized spacial score (nSPS) is 25.9. The molecular formula is C8H10N2O3. The van der Waals surface area contributed by atoms with Crippen molar-refractivity contribution in [3.05, 3.63) is 28.0 Å². The van der Waals surface area contributed by atoms with Crippen LogP contribution in [-0.2, 0) is 0 Å². The predicted octanol–water partition coefficient (Wildman–Crippen LogP) is 1.25. The van der Waals surface area contributed by atoms with E-state index in [9.17, 15) is 10.1 Å². The highest BCUT2D eigenvalue weighted by Crippen LogP contribution is 2.47. The SMILES string of the molecule is NCC1CC1c1ccc([N+](=O)[O-])o1. The van der Waals surface area contributed by atoms with Gasteiger partial charge in [-0.2, -0.15) is 0 Å². The molecule has 1 aromatic rings. The topological polar surface area (TPSA) is 82.3 Å². The van der Waals surface area contributed by atoms with Gasteiger partial charge in [-0.15, -0.1) is 0 Å². The van der Waals surface area contributed by atoms with Crippen LogP contribution in [0.4, 0.5) is 5.88 Å². The highest BCUT2D eigenvalue weighted by atomic mass is 16.6. The van der Waals surface area contributed by atoms with Gasteiger partial charge in [0.2, 0.25) is 0 Å². The monoisotopic (exact) mass is 182 g/mol. The second-order valence-corrected chi connectivity index (χ2v) is 3.27. The van der Waals surface area contributed by atoms with Gasteiger partial charge in [-0.3, -0.25) is 10.1 Å².